The van der Waals surface area contributed by atoms with Gasteiger partial charge in [0.25, 0.3) is 5.69 Å². The summed E-state index contributed by atoms with van der Waals surface area (Å²) in [6.45, 7) is 4.62. The van der Waals surface area contributed by atoms with Crippen molar-refractivity contribution < 1.29 is 4.92 Å². The monoisotopic (exact) mass is 304 g/mol. The molecule has 0 saturated carbocycles. The van der Waals surface area contributed by atoms with Gasteiger partial charge in [0.05, 0.1) is 4.92 Å². The van der Waals surface area contributed by atoms with Crippen molar-refractivity contribution in [1.29, 1.82) is 0 Å². The molecule has 0 aliphatic heterocycles. The van der Waals surface area contributed by atoms with E-state index in [2.05, 4.69) is 25.2 Å². The number of rotatable bonds is 5. The van der Waals surface area contributed by atoms with Gasteiger partial charge in [0.15, 0.2) is 0 Å². The van der Waals surface area contributed by atoms with Gasteiger partial charge in [0, 0.05) is 28.9 Å². The number of hydrogen-bond donors (Lipinski definition) is 1. The van der Waals surface area contributed by atoms with Crippen LogP contribution in [0.5, 0.6) is 0 Å². The third-order valence-corrected chi connectivity index (χ3v) is 3.53. The van der Waals surface area contributed by atoms with Crippen molar-refractivity contribution in [1.82, 2.24) is 0 Å². The maximum absolute atomic E-state index is 11.1. The molecule has 0 aliphatic carbocycles. The standard InChI is InChI=1S/C16H17ClN2O2/c1-11(2)14-5-3-4-6-15(14)18-10-12-7-8-13(17)9-16(12)19(20)21/h3-9,11,18H,10H2,1-2H3. The highest BCUT2D eigenvalue weighted by molar-refractivity contribution is 6.30. The van der Waals surface area contributed by atoms with Crippen LogP contribution in [0.3, 0.4) is 0 Å². The highest BCUT2D eigenvalue weighted by atomic mass is 35.5. The Labute approximate surface area is 128 Å². The maximum atomic E-state index is 11.1. The van der Waals surface area contributed by atoms with E-state index in [0.29, 0.717) is 23.0 Å². The van der Waals surface area contributed by atoms with Crippen LogP contribution in [0.15, 0.2) is 42.5 Å². The summed E-state index contributed by atoms with van der Waals surface area (Å²) in [5, 5.41) is 14.7. The number of nitrogens with one attached hydrogen (secondary N) is 1. The first-order valence-corrected chi connectivity index (χ1v) is 7.12. The van der Waals surface area contributed by atoms with E-state index in [-0.39, 0.29) is 5.69 Å². The van der Waals surface area contributed by atoms with E-state index in [1.54, 1.807) is 12.1 Å². The Morgan fingerprint density at radius 3 is 2.62 bits per heavy atom. The topological polar surface area (TPSA) is 55.2 Å². The van der Waals surface area contributed by atoms with E-state index in [4.69, 9.17) is 11.6 Å². The molecule has 0 aromatic heterocycles. The summed E-state index contributed by atoms with van der Waals surface area (Å²) in [4.78, 5) is 10.7. The van der Waals surface area contributed by atoms with Crippen molar-refractivity contribution in [2.45, 2.75) is 26.3 Å². The van der Waals surface area contributed by atoms with Crippen molar-refractivity contribution >= 4 is 23.0 Å². The fourth-order valence-corrected chi connectivity index (χ4v) is 2.37. The molecule has 2 aromatic carbocycles. The molecule has 5 heteroatoms. The molecule has 4 nitrogen and oxygen atoms in total. The van der Waals surface area contributed by atoms with E-state index >= 15 is 0 Å². The minimum absolute atomic E-state index is 0.0389. The largest absolute Gasteiger partial charge is 0.380 e. The maximum Gasteiger partial charge on any atom is 0.275 e. The predicted molar refractivity (Wildman–Crippen MR) is 86.0 cm³/mol. The second kappa shape index (κ2) is 6.59. The molecule has 2 rings (SSSR count). The van der Waals surface area contributed by atoms with Crippen molar-refractivity contribution in [3.8, 4) is 0 Å². The van der Waals surface area contributed by atoms with Crippen LogP contribution in [-0.4, -0.2) is 4.92 Å². The molecule has 0 heterocycles. The number of nitro benzene ring substituents is 1. The summed E-state index contributed by atoms with van der Waals surface area (Å²) in [5.74, 6) is 0.383. The summed E-state index contributed by atoms with van der Waals surface area (Å²) in [7, 11) is 0. The Morgan fingerprint density at radius 2 is 1.95 bits per heavy atom. The summed E-state index contributed by atoms with van der Waals surface area (Å²) in [6.07, 6.45) is 0. The lowest BCUT2D eigenvalue weighted by Crippen LogP contribution is -2.05. The van der Waals surface area contributed by atoms with Crippen molar-refractivity contribution in [3.63, 3.8) is 0 Å². The smallest absolute Gasteiger partial charge is 0.275 e. The Bertz CT molecular complexity index is 656. The first-order valence-electron chi connectivity index (χ1n) is 6.74. The molecule has 21 heavy (non-hydrogen) atoms. The van der Waals surface area contributed by atoms with Gasteiger partial charge in [-0.2, -0.15) is 0 Å². The molecular formula is C16H17ClN2O2. The Kier molecular flexibility index (Phi) is 4.81. The van der Waals surface area contributed by atoms with Gasteiger partial charge in [-0.1, -0.05) is 43.6 Å². The van der Waals surface area contributed by atoms with Crippen LogP contribution < -0.4 is 5.32 Å². The van der Waals surface area contributed by atoms with Gasteiger partial charge >= 0.3 is 0 Å². The zero-order chi connectivity index (χ0) is 15.4. The Morgan fingerprint density at radius 1 is 1.24 bits per heavy atom. The summed E-state index contributed by atoms with van der Waals surface area (Å²) in [5.41, 5.74) is 2.84. The second-order valence-electron chi connectivity index (χ2n) is 5.13. The van der Waals surface area contributed by atoms with Crippen molar-refractivity contribution in [2.24, 2.45) is 0 Å². The summed E-state index contributed by atoms with van der Waals surface area (Å²) < 4.78 is 0. The van der Waals surface area contributed by atoms with E-state index in [9.17, 15) is 10.1 Å². The molecule has 0 radical (unpaired) electrons. The number of benzene rings is 2. The molecule has 0 spiro atoms. The lowest BCUT2D eigenvalue weighted by molar-refractivity contribution is -0.385. The van der Waals surface area contributed by atoms with Crippen molar-refractivity contribution in [2.75, 3.05) is 5.32 Å². The molecule has 2 aromatic rings. The number of hydrogen-bond acceptors (Lipinski definition) is 3. The molecule has 0 atom stereocenters. The van der Waals surface area contributed by atoms with Gasteiger partial charge in [0.2, 0.25) is 0 Å². The van der Waals surface area contributed by atoms with Crippen LogP contribution in [0.1, 0.15) is 30.9 Å². The second-order valence-corrected chi connectivity index (χ2v) is 5.56. The van der Waals surface area contributed by atoms with E-state index in [1.807, 2.05) is 18.2 Å². The zero-order valence-electron chi connectivity index (χ0n) is 12.0. The molecule has 110 valence electrons. The minimum Gasteiger partial charge on any atom is -0.380 e. The predicted octanol–water partition coefficient (Wildman–Crippen LogP) is 4.98. The van der Waals surface area contributed by atoms with Crippen LogP contribution in [0, 0.1) is 10.1 Å². The van der Waals surface area contributed by atoms with Gasteiger partial charge in [-0.05, 0) is 29.7 Å². The Balaban J connectivity index is 2.23. The molecule has 0 saturated heterocycles. The molecule has 0 unspecified atom stereocenters. The third kappa shape index (κ3) is 3.73. The average molecular weight is 305 g/mol. The van der Waals surface area contributed by atoms with Gasteiger partial charge in [0.1, 0.15) is 0 Å². The van der Waals surface area contributed by atoms with Gasteiger partial charge in [-0.25, -0.2) is 0 Å². The van der Waals surface area contributed by atoms with E-state index in [0.717, 1.165) is 5.69 Å². The normalized spacial score (nSPS) is 10.7. The molecular weight excluding hydrogens is 288 g/mol. The van der Waals surface area contributed by atoms with Gasteiger partial charge < -0.3 is 5.32 Å². The van der Waals surface area contributed by atoms with Gasteiger partial charge in [-0.15, -0.1) is 0 Å². The quantitative estimate of drug-likeness (QED) is 0.626. The SMILES string of the molecule is CC(C)c1ccccc1NCc1ccc(Cl)cc1[N+](=O)[O-]. The molecule has 0 amide bonds. The average Bonchev–Trinajstić information content (AvgIpc) is 2.46. The minimum atomic E-state index is -0.406. The third-order valence-electron chi connectivity index (χ3n) is 3.30. The first-order chi connectivity index (χ1) is 9.99. The van der Waals surface area contributed by atoms with Crippen molar-refractivity contribution in [3.05, 3.63) is 68.7 Å². The fraction of sp³-hybridized carbons (Fsp3) is 0.250. The molecule has 0 bridgehead atoms. The lowest BCUT2D eigenvalue weighted by Gasteiger charge is -2.14. The first kappa shape index (κ1) is 15.3. The van der Waals surface area contributed by atoms with Gasteiger partial charge in [-0.3, -0.25) is 10.1 Å². The van der Waals surface area contributed by atoms with Crippen LogP contribution in [0.4, 0.5) is 11.4 Å². The lowest BCUT2D eigenvalue weighted by atomic mass is 10.0. The molecule has 0 aliphatic rings. The number of nitrogens with zero attached hydrogens (tertiary/aromatic N) is 1. The highest BCUT2D eigenvalue weighted by Gasteiger charge is 2.14. The van der Waals surface area contributed by atoms with Crippen LogP contribution >= 0.6 is 11.6 Å². The number of nitro groups is 1. The van der Waals surface area contributed by atoms with E-state index < -0.39 is 4.92 Å². The van der Waals surface area contributed by atoms with E-state index in [1.165, 1.54) is 11.6 Å². The van der Waals surface area contributed by atoms with Crippen LogP contribution in [-0.2, 0) is 6.54 Å². The van der Waals surface area contributed by atoms with Crippen LogP contribution in [0.2, 0.25) is 5.02 Å². The summed E-state index contributed by atoms with van der Waals surface area (Å²) in [6, 6.07) is 12.7. The number of para-hydroxylation sites is 1. The van der Waals surface area contributed by atoms with Crippen LogP contribution in [0.25, 0.3) is 0 Å². The molecule has 1 N–H and O–H groups in total. The number of anilines is 1. The highest BCUT2D eigenvalue weighted by Crippen LogP contribution is 2.27. The fourth-order valence-electron chi connectivity index (χ4n) is 2.21. The summed E-state index contributed by atoms with van der Waals surface area (Å²) >= 11 is 5.82. The Hall–Kier alpha value is -2.07. The zero-order valence-corrected chi connectivity index (χ0v) is 12.7. The molecule has 0 fully saturated rings. The number of halogens is 1.